The van der Waals surface area contributed by atoms with Gasteiger partial charge in [0.05, 0.1) is 11.7 Å². The molecule has 1 saturated heterocycles. The molecule has 0 radical (unpaired) electrons. The molecule has 2 N–H and O–H groups in total. The van der Waals surface area contributed by atoms with Crippen molar-refractivity contribution in [3.63, 3.8) is 0 Å². The Bertz CT molecular complexity index is 464. The predicted octanol–water partition coefficient (Wildman–Crippen LogP) is 1.75. The van der Waals surface area contributed by atoms with Crippen LogP contribution in [0.5, 0.6) is 5.75 Å². The molecule has 0 aliphatic carbocycles. The normalized spacial score (nSPS) is 17.5. The van der Waals surface area contributed by atoms with Crippen LogP contribution in [-0.2, 0) is 4.74 Å². The smallest absolute Gasteiger partial charge is 0.251 e. The molecule has 0 spiro atoms. The number of carbonyl (C=O) groups is 1. The Kier molecular flexibility index (Phi) is 5.20. The van der Waals surface area contributed by atoms with Crippen molar-refractivity contribution in [2.75, 3.05) is 19.8 Å². The third-order valence-corrected chi connectivity index (χ3v) is 3.49. The monoisotopic (exact) mass is 293 g/mol. The zero-order valence-corrected chi connectivity index (χ0v) is 12.6. The number of hydrogen-bond donors (Lipinski definition) is 2. The zero-order chi connectivity index (χ0) is 15.3. The Morgan fingerprint density at radius 3 is 2.52 bits per heavy atom. The van der Waals surface area contributed by atoms with Crippen molar-refractivity contribution in [2.24, 2.45) is 0 Å². The lowest BCUT2D eigenvalue weighted by molar-refractivity contribution is -0.0605. The minimum Gasteiger partial charge on any atom is -0.491 e. The van der Waals surface area contributed by atoms with Crippen LogP contribution in [0.4, 0.5) is 0 Å². The van der Waals surface area contributed by atoms with E-state index in [9.17, 15) is 9.90 Å². The van der Waals surface area contributed by atoms with Gasteiger partial charge in [-0.15, -0.1) is 0 Å². The van der Waals surface area contributed by atoms with Crippen LogP contribution < -0.4 is 10.1 Å². The van der Waals surface area contributed by atoms with Crippen molar-refractivity contribution in [1.82, 2.24) is 5.32 Å². The largest absolute Gasteiger partial charge is 0.491 e. The van der Waals surface area contributed by atoms with Crippen molar-refractivity contribution >= 4 is 5.91 Å². The summed E-state index contributed by atoms with van der Waals surface area (Å²) in [5.74, 6) is 0.552. The molecule has 1 aliphatic rings. The van der Waals surface area contributed by atoms with Crippen LogP contribution in [0.15, 0.2) is 24.3 Å². The summed E-state index contributed by atoms with van der Waals surface area (Å²) >= 11 is 0. The third-order valence-electron chi connectivity index (χ3n) is 3.49. The summed E-state index contributed by atoms with van der Waals surface area (Å²) < 4.78 is 10.7. The molecule has 1 fully saturated rings. The number of benzene rings is 1. The van der Waals surface area contributed by atoms with Gasteiger partial charge in [-0.25, -0.2) is 0 Å². The lowest BCUT2D eigenvalue weighted by atomic mass is 9.94. The number of amides is 1. The van der Waals surface area contributed by atoms with Crippen LogP contribution in [0.1, 0.15) is 37.0 Å². The summed E-state index contributed by atoms with van der Waals surface area (Å²) in [7, 11) is 0. The molecule has 2 rings (SSSR count). The number of aliphatic hydroxyl groups is 1. The molecule has 1 heterocycles. The van der Waals surface area contributed by atoms with Crippen LogP contribution in [0.25, 0.3) is 0 Å². The summed E-state index contributed by atoms with van der Waals surface area (Å²) in [5.41, 5.74) is -0.295. The fourth-order valence-corrected chi connectivity index (χ4v) is 2.23. The van der Waals surface area contributed by atoms with E-state index < -0.39 is 5.60 Å². The van der Waals surface area contributed by atoms with E-state index >= 15 is 0 Å². The van der Waals surface area contributed by atoms with Crippen LogP contribution in [0.2, 0.25) is 0 Å². The molecule has 116 valence electrons. The molecule has 0 bridgehead atoms. The zero-order valence-electron chi connectivity index (χ0n) is 12.6. The van der Waals surface area contributed by atoms with Gasteiger partial charge < -0.3 is 19.9 Å². The Morgan fingerprint density at radius 2 is 1.95 bits per heavy atom. The molecular weight excluding hydrogens is 270 g/mol. The highest BCUT2D eigenvalue weighted by Gasteiger charge is 2.30. The fourth-order valence-electron chi connectivity index (χ4n) is 2.23. The Hall–Kier alpha value is -1.59. The molecule has 5 nitrogen and oxygen atoms in total. The van der Waals surface area contributed by atoms with E-state index in [1.165, 1.54) is 0 Å². The number of nitrogens with one attached hydrogen (secondary N) is 1. The van der Waals surface area contributed by atoms with Crippen molar-refractivity contribution in [1.29, 1.82) is 0 Å². The first kappa shape index (κ1) is 15.8. The second-order valence-electron chi connectivity index (χ2n) is 5.71. The highest BCUT2D eigenvalue weighted by atomic mass is 16.5. The highest BCUT2D eigenvalue weighted by Crippen LogP contribution is 2.19. The SMILES string of the molecule is CC(C)Oc1ccc(C(=O)NCC2(O)CCOCC2)cc1. The maximum absolute atomic E-state index is 12.1. The van der Waals surface area contributed by atoms with Gasteiger partial charge in [0, 0.05) is 38.2 Å². The molecule has 1 aromatic carbocycles. The van der Waals surface area contributed by atoms with Gasteiger partial charge in [0.15, 0.2) is 0 Å². The fraction of sp³-hybridized carbons (Fsp3) is 0.562. The number of carbonyl (C=O) groups excluding carboxylic acids is 1. The molecule has 1 aromatic rings. The molecule has 1 amide bonds. The number of rotatable bonds is 5. The summed E-state index contributed by atoms with van der Waals surface area (Å²) in [5, 5.41) is 13.1. The number of ether oxygens (including phenoxy) is 2. The van der Waals surface area contributed by atoms with Crippen molar-refractivity contribution < 1.29 is 19.4 Å². The van der Waals surface area contributed by atoms with Gasteiger partial charge in [-0.05, 0) is 38.1 Å². The maximum atomic E-state index is 12.1. The third kappa shape index (κ3) is 4.72. The molecule has 1 aliphatic heterocycles. The van der Waals surface area contributed by atoms with Gasteiger partial charge in [0.25, 0.3) is 5.91 Å². The van der Waals surface area contributed by atoms with Gasteiger partial charge >= 0.3 is 0 Å². The van der Waals surface area contributed by atoms with Crippen molar-refractivity contribution in [3.05, 3.63) is 29.8 Å². The average molecular weight is 293 g/mol. The molecule has 0 atom stereocenters. The summed E-state index contributed by atoms with van der Waals surface area (Å²) in [4.78, 5) is 12.1. The Labute approximate surface area is 125 Å². The van der Waals surface area contributed by atoms with Gasteiger partial charge in [-0.3, -0.25) is 4.79 Å². The first-order chi connectivity index (χ1) is 9.98. The molecule has 5 heteroatoms. The summed E-state index contributed by atoms with van der Waals surface area (Å²) in [6.45, 7) is 5.23. The van der Waals surface area contributed by atoms with E-state index in [0.717, 1.165) is 5.75 Å². The van der Waals surface area contributed by atoms with Crippen LogP contribution in [0, 0.1) is 0 Å². The standard InChI is InChI=1S/C16H23NO4/c1-12(2)21-14-5-3-13(4-6-14)15(18)17-11-16(19)7-9-20-10-8-16/h3-6,12,19H,7-11H2,1-2H3,(H,17,18). The first-order valence-corrected chi connectivity index (χ1v) is 7.34. The molecule has 0 unspecified atom stereocenters. The second kappa shape index (κ2) is 6.91. The van der Waals surface area contributed by atoms with E-state index in [-0.39, 0.29) is 18.6 Å². The van der Waals surface area contributed by atoms with E-state index in [1.807, 2.05) is 13.8 Å². The minimum absolute atomic E-state index is 0.104. The maximum Gasteiger partial charge on any atom is 0.251 e. The van der Waals surface area contributed by atoms with E-state index in [2.05, 4.69) is 5.32 Å². The van der Waals surface area contributed by atoms with Gasteiger partial charge in [0.2, 0.25) is 0 Å². The first-order valence-electron chi connectivity index (χ1n) is 7.34. The average Bonchev–Trinajstić information content (AvgIpc) is 2.46. The van der Waals surface area contributed by atoms with Crippen molar-refractivity contribution in [3.8, 4) is 5.75 Å². The lowest BCUT2D eigenvalue weighted by Gasteiger charge is -2.32. The highest BCUT2D eigenvalue weighted by molar-refractivity contribution is 5.94. The van der Waals surface area contributed by atoms with Gasteiger partial charge in [0.1, 0.15) is 5.75 Å². The molecule has 0 saturated carbocycles. The quantitative estimate of drug-likeness (QED) is 0.868. The van der Waals surface area contributed by atoms with Gasteiger partial charge in [-0.1, -0.05) is 0 Å². The van der Waals surface area contributed by atoms with E-state index in [0.29, 0.717) is 31.6 Å². The topological polar surface area (TPSA) is 67.8 Å². The predicted molar refractivity (Wildman–Crippen MR) is 79.5 cm³/mol. The van der Waals surface area contributed by atoms with E-state index in [1.54, 1.807) is 24.3 Å². The summed E-state index contributed by atoms with van der Waals surface area (Å²) in [6.07, 6.45) is 1.20. The van der Waals surface area contributed by atoms with Gasteiger partial charge in [-0.2, -0.15) is 0 Å². The van der Waals surface area contributed by atoms with E-state index in [4.69, 9.17) is 9.47 Å². The summed E-state index contributed by atoms with van der Waals surface area (Å²) in [6, 6.07) is 7.00. The lowest BCUT2D eigenvalue weighted by Crippen LogP contribution is -2.46. The van der Waals surface area contributed by atoms with Crippen LogP contribution >= 0.6 is 0 Å². The molecule has 21 heavy (non-hydrogen) atoms. The van der Waals surface area contributed by atoms with Crippen LogP contribution in [0.3, 0.4) is 0 Å². The molecular formula is C16H23NO4. The Morgan fingerprint density at radius 1 is 1.33 bits per heavy atom. The van der Waals surface area contributed by atoms with Crippen molar-refractivity contribution in [2.45, 2.75) is 38.4 Å². The van der Waals surface area contributed by atoms with Crippen LogP contribution in [-0.4, -0.2) is 42.5 Å². The minimum atomic E-state index is -0.853. The second-order valence-corrected chi connectivity index (χ2v) is 5.71. The number of hydrogen-bond acceptors (Lipinski definition) is 4. The Balaban J connectivity index is 1.88. The molecule has 0 aromatic heterocycles.